The van der Waals surface area contributed by atoms with Gasteiger partial charge in [0.1, 0.15) is 17.6 Å². The average molecular weight is 400 g/mol. The molecular formula is C23H29FN2O3. The van der Waals surface area contributed by atoms with Crippen LogP contribution in [-0.4, -0.2) is 35.4 Å². The van der Waals surface area contributed by atoms with Gasteiger partial charge in [-0.3, -0.25) is 9.59 Å². The van der Waals surface area contributed by atoms with Crippen molar-refractivity contribution in [3.8, 4) is 5.75 Å². The Morgan fingerprint density at radius 3 is 2.28 bits per heavy atom. The van der Waals surface area contributed by atoms with E-state index in [0.717, 1.165) is 16.7 Å². The molecule has 0 aliphatic heterocycles. The lowest BCUT2D eigenvalue weighted by Crippen LogP contribution is -2.50. The van der Waals surface area contributed by atoms with E-state index < -0.39 is 6.04 Å². The average Bonchev–Trinajstić information content (AvgIpc) is 2.67. The molecular weight excluding hydrogens is 371 g/mol. The zero-order valence-electron chi connectivity index (χ0n) is 17.7. The standard InChI is InChI=1S/C23H29FN2O3/c1-15(2)25-23(28)18(5)26(13-19-7-9-20(24)10-8-19)22(27)14-29-21-11-6-16(3)17(4)12-21/h6-12,15,18H,13-14H2,1-5H3,(H,25,28)/t18-/m0/s1. The van der Waals surface area contributed by atoms with E-state index in [1.807, 2.05) is 45.9 Å². The maximum atomic E-state index is 13.2. The van der Waals surface area contributed by atoms with E-state index in [9.17, 15) is 14.0 Å². The Balaban J connectivity index is 2.15. The maximum Gasteiger partial charge on any atom is 0.261 e. The van der Waals surface area contributed by atoms with Gasteiger partial charge in [0.2, 0.25) is 5.91 Å². The molecule has 2 rings (SSSR count). The topological polar surface area (TPSA) is 58.6 Å². The first-order valence-electron chi connectivity index (χ1n) is 9.71. The lowest BCUT2D eigenvalue weighted by Gasteiger charge is -2.29. The highest BCUT2D eigenvalue weighted by Crippen LogP contribution is 2.17. The zero-order valence-corrected chi connectivity index (χ0v) is 17.7. The minimum Gasteiger partial charge on any atom is -0.484 e. The Kier molecular flexibility index (Phi) is 7.76. The van der Waals surface area contributed by atoms with E-state index in [2.05, 4.69) is 5.32 Å². The van der Waals surface area contributed by atoms with Crippen molar-refractivity contribution in [1.29, 1.82) is 0 Å². The summed E-state index contributed by atoms with van der Waals surface area (Å²) in [6.07, 6.45) is 0. The lowest BCUT2D eigenvalue weighted by atomic mass is 10.1. The predicted octanol–water partition coefficient (Wildman–Crippen LogP) is 3.76. The van der Waals surface area contributed by atoms with Gasteiger partial charge >= 0.3 is 0 Å². The summed E-state index contributed by atoms with van der Waals surface area (Å²) in [6, 6.07) is 10.8. The van der Waals surface area contributed by atoms with Gasteiger partial charge in [-0.2, -0.15) is 0 Å². The van der Waals surface area contributed by atoms with Crippen LogP contribution in [0.3, 0.4) is 0 Å². The molecule has 0 saturated carbocycles. The molecule has 2 amide bonds. The summed E-state index contributed by atoms with van der Waals surface area (Å²) in [4.78, 5) is 26.9. The molecule has 156 valence electrons. The van der Waals surface area contributed by atoms with Gasteiger partial charge in [0, 0.05) is 12.6 Å². The van der Waals surface area contributed by atoms with E-state index in [1.54, 1.807) is 19.1 Å². The summed E-state index contributed by atoms with van der Waals surface area (Å²) in [6.45, 7) is 9.37. The van der Waals surface area contributed by atoms with Crippen molar-refractivity contribution in [2.24, 2.45) is 0 Å². The first-order valence-corrected chi connectivity index (χ1v) is 9.71. The molecule has 0 saturated heterocycles. The van der Waals surface area contributed by atoms with Gasteiger partial charge in [-0.1, -0.05) is 18.2 Å². The number of benzene rings is 2. The molecule has 0 heterocycles. The monoisotopic (exact) mass is 400 g/mol. The fourth-order valence-corrected chi connectivity index (χ4v) is 2.81. The van der Waals surface area contributed by atoms with Crippen LogP contribution in [0.2, 0.25) is 0 Å². The summed E-state index contributed by atoms with van der Waals surface area (Å²) >= 11 is 0. The Labute approximate surface area is 171 Å². The second kappa shape index (κ2) is 10.0. The van der Waals surface area contributed by atoms with E-state index in [0.29, 0.717) is 5.75 Å². The van der Waals surface area contributed by atoms with Gasteiger partial charge in [0.05, 0.1) is 0 Å². The highest BCUT2D eigenvalue weighted by atomic mass is 19.1. The molecule has 0 fully saturated rings. The number of halogens is 1. The molecule has 0 aliphatic rings. The van der Waals surface area contributed by atoms with Gasteiger partial charge in [-0.25, -0.2) is 4.39 Å². The fraction of sp³-hybridized carbons (Fsp3) is 0.391. The third-order valence-electron chi connectivity index (χ3n) is 4.71. The zero-order chi connectivity index (χ0) is 21.6. The van der Waals surface area contributed by atoms with Crippen molar-refractivity contribution in [3.63, 3.8) is 0 Å². The maximum absolute atomic E-state index is 13.2. The highest BCUT2D eigenvalue weighted by molar-refractivity contribution is 5.88. The fourth-order valence-electron chi connectivity index (χ4n) is 2.81. The molecule has 0 unspecified atom stereocenters. The number of hydrogen-bond donors (Lipinski definition) is 1. The summed E-state index contributed by atoms with van der Waals surface area (Å²) in [7, 11) is 0. The Hall–Kier alpha value is -2.89. The third-order valence-corrected chi connectivity index (χ3v) is 4.71. The van der Waals surface area contributed by atoms with Crippen molar-refractivity contribution in [2.45, 2.75) is 53.2 Å². The molecule has 5 nitrogen and oxygen atoms in total. The molecule has 29 heavy (non-hydrogen) atoms. The van der Waals surface area contributed by atoms with Gasteiger partial charge in [0.25, 0.3) is 5.91 Å². The van der Waals surface area contributed by atoms with Crippen molar-refractivity contribution >= 4 is 11.8 Å². The SMILES string of the molecule is Cc1ccc(OCC(=O)N(Cc2ccc(F)cc2)[C@@H](C)C(=O)NC(C)C)cc1C. The van der Waals surface area contributed by atoms with E-state index in [-0.39, 0.29) is 36.8 Å². The molecule has 1 atom stereocenters. The smallest absolute Gasteiger partial charge is 0.261 e. The van der Waals surface area contributed by atoms with Crippen LogP contribution < -0.4 is 10.1 Å². The number of nitrogens with zero attached hydrogens (tertiary/aromatic N) is 1. The van der Waals surface area contributed by atoms with Gasteiger partial charge < -0.3 is 15.0 Å². The molecule has 0 spiro atoms. The van der Waals surface area contributed by atoms with Crippen LogP contribution in [-0.2, 0) is 16.1 Å². The van der Waals surface area contributed by atoms with Gasteiger partial charge in [-0.05, 0) is 75.6 Å². The normalized spacial score (nSPS) is 11.8. The molecule has 2 aromatic rings. The van der Waals surface area contributed by atoms with Crippen molar-refractivity contribution in [1.82, 2.24) is 10.2 Å². The number of aryl methyl sites for hydroxylation is 2. The van der Waals surface area contributed by atoms with Crippen LogP contribution in [0, 0.1) is 19.7 Å². The summed E-state index contributed by atoms with van der Waals surface area (Å²) in [5.41, 5.74) is 2.94. The minimum absolute atomic E-state index is 0.0421. The second-order valence-electron chi connectivity index (χ2n) is 7.52. The number of amides is 2. The Morgan fingerprint density at radius 2 is 1.69 bits per heavy atom. The van der Waals surface area contributed by atoms with E-state index in [4.69, 9.17) is 4.74 Å². The number of carbonyl (C=O) groups is 2. The Morgan fingerprint density at radius 1 is 1.03 bits per heavy atom. The van der Waals surface area contributed by atoms with Crippen LogP contribution in [0.15, 0.2) is 42.5 Å². The Bertz CT molecular complexity index is 850. The molecule has 0 bridgehead atoms. The van der Waals surface area contributed by atoms with Crippen LogP contribution in [0.5, 0.6) is 5.75 Å². The number of carbonyl (C=O) groups excluding carboxylic acids is 2. The van der Waals surface area contributed by atoms with Gasteiger partial charge in [0.15, 0.2) is 6.61 Å². The predicted molar refractivity (Wildman–Crippen MR) is 111 cm³/mol. The lowest BCUT2D eigenvalue weighted by molar-refractivity contribution is -0.142. The molecule has 2 aromatic carbocycles. The number of nitrogens with one attached hydrogen (secondary N) is 1. The van der Waals surface area contributed by atoms with Crippen LogP contribution in [0.25, 0.3) is 0 Å². The van der Waals surface area contributed by atoms with Crippen molar-refractivity contribution in [2.75, 3.05) is 6.61 Å². The van der Waals surface area contributed by atoms with E-state index >= 15 is 0 Å². The molecule has 1 N–H and O–H groups in total. The first-order chi connectivity index (χ1) is 13.7. The molecule has 0 aromatic heterocycles. The largest absolute Gasteiger partial charge is 0.484 e. The number of ether oxygens (including phenoxy) is 1. The second-order valence-corrected chi connectivity index (χ2v) is 7.52. The highest BCUT2D eigenvalue weighted by Gasteiger charge is 2.26. The summed E-state index contributed by atoms with van der Waals surface area (Å²) < 4.78 is 18.9. The summed E-state index contributed by atoms with van der Waals surface area (Å²) in [5, 5.41) is 2.83. The molecule has 6 heteroatoms. The van der Waals surface area contributed by atoms with E-state index in [1.165, 1.54) is 17.0 Å². The first kappa shape index (κ1) is 22.4. The van der Waals surface area contributed by atoms with Crippen molar-refractivity contribution < 1.29 is 18.7 Å². The van der Waals surface area contributed by atoms with Crippen LogP contribution in [0.1, 0.15) is 37.5 Å². The van der Waals surface area contributed by atoms with Crippen molar-refractivity contribution in [3.05, 3.63) is 65.0 Å². The number of hydrogen-bond acceptors (Lipinski definition) is 3. The number of rotatable bonds is 8. The van der Waals surface area contributed by atoms with Crippen LogP contribution in [0.4, 0.5) is 4.39 Å². The molecule has 0 radical (unpaired) electrons. The minimum atomic E-state index is -0.696. The molecule has 0 aliphatic carbocycles. The quantitative estimate of drug-likeness (QED) is 0.734. The third kappa shape index (κ3) is 6.59. The van der Waals surface area contributed by atoms with Gasteiger partial charge in [-0.15, -0.1) is 0 Å². The van der Waals surface area contributed by atoms with Crippen LogP contribution >= 0.6 is 0 Å². The summed E-state index contributed by atoms with van der Waals surface area (Å²) in [5.74, 6) is -0.321.